The van der Waals surface area contributed by atoms with Crippen molar-refractivity contribution in [2.24, 2.45) is 0 Å². The van der Waals surface area contributed by atoms with Gasteiger partial charge in [-0.2, -0.15) is 14.6 Å². The molecule has 0 aliphatic carbocycles. The molecule has 1 aromatic carbocycles. The van der Waals surface area contributed by atoms with E-state index in [1.54, 1.807) is 24.3 Å². The standard InChI is InChI=1S/C17H12N6O4/c24-15(10-1-2-13-14(7-10)27-6-5-26-13)21-22-4-3-12-11(16(22)25)8-18-17-19-9-20-23(12)17/h1-4,7-9H,5-6H2,(H,21,24). The first-order valence-electron chi connectivity index (χ1n) is 8.12. The van der Waals surface area contributed by atoms with Crippen molar-refractivity contribution in [3.05, 3.63) is 58.9 Å². The van der Waals surface area contributed by atoms with Crippen molar-refractivity contribution in [2.45, 2.75) is 0 Å². The average molecular weight is 364 g/mol. The van der Waals surface area contributed by atoms with Gasteiger partial charge in [0.1, 0.15) is 19.5 Å². The Morgan fingerprint density at radius 3 is 2.85 bits per heavy atom. The summed E-state index contributed by atoms with van der Waals surface area (Å²) in [5, 5.41) is 4.35. The molecule has 10 nitrogen and oxygen atoms in total. The minimum absolute atomic E-state index is 0.304. The molecule has 5 rings (SSSR count). The first-order chi connectivity index (χ1) is 13.2. The maximum atomic E-state index is 12.7. The van der Waals surface area contributed by atoms with Crippen LogP contribution in [0.25, 0.3) is 16.7 Å². The van der Waals surface area contributed by atoms with Crippen molar-refractivity contribution in [3.63, 3.8) is 0 Å². The molecule has 4 aromatic rings. The predicted molar refractivity (Wildman–Crippen MR) is 93.7 cm³/mol. The zero-order valence-corrected chi connectivity index (χ0v) is 13.8. The molecule has 1 aliphatic heterocycles. The summed E-state index contributed by atoms with van der Waals surface area (Å²) in [6.45, 7) is 0.893. The maximum Gasteiger partial charge on any atom is 0.280 e. The van der Waals surface area contributed by atoms with Gasteiger partial charge in [0.15, 0.2) is 11.5 Å². The van der Waals surface area contributed by atoms with Crippen LogP contribution in [0.5, 0.6) is 11.5 Å². The molecular formula is C17H12N6O4. The molecule has 0 fully saturated rings. The fraction of sp³-hybridized carbons (Fsp3) is 0.118. The molecule has 1 N–H and O–H groups in total. The largest absolute Gasteiger partial charge is 0.486 e. The minimum atomic E-state index is -0.455. The molecule has 4 heterocycles. The summed E-state index contributed by atoms with van der Waals surface area (Å²) in [6, 6.07) is 6.51. The monoisotopic (exact) mass is 364 g/mol. The fourth-order valence-electron chi connectivity index (χ4n) is 2.91. The van der Waals surface area contributed by atoms with E-state index in [1.165, 1.54) is 23.2 Å². The van der Waals surface area contributed by atoms with Gasteiger partial charge in [-0.05, 0) is 24.3 Å². The number of fused-ring (bicyclic) bond motifs is 4. The number of amides is 1. The molecule has 0 bridgehead atoms. The molecule has 0 radical (unpaired) electrons. The normalized spacial score (nSPS) is 13.0. The zero-order chi connectivity index (χ0) is 18.4. The molecular weight excluding hydrogens is 352 g/mol. The van der Waals surface area contributed by atoms with E-state index in [0.717, 1.165) is 4.68 Å². The van der Waals surface area contributed by atoms with Gasteiger partial charge in [-0.15, -0.1) is 0 Å². The summed E-state index contributed by atoms with van der Waals surface area (Å²) >= 11 is 0. The molecule has 0 unspecified atom stereocenters. The average Bonchev–Trinajstić information content (AvgIpc) is 3.19. The highest BCUT2D eigenvalue weighted by molar-refractivity contribution is 6.00. The van der Waals surface area contributed by atoms with Crippen molar-refractivity contribution in [3.8, 4) is 11.5 Å². The molecule has 1 aliphatic rings. The Hall–Kier alpha value is -3.95. The number of pyridine rings is 1. The Bertz CT molecular complexity index is 1260. The Morgan fingerprint density at radius 2 is 1.96 bits per heavy atom. The Morgan fingerprint density at radius 1 is 1.11 bits per heavy atom. The lowest BCUT2D eigenvalue weighted by Crippen LogP contribution is -2.33. The summed E-state index contributed by atoms with van der Waals surface area (Å²) in [6.07, 6.45) is 4.23. The quantitative estimate of drug-likeness (QED) is 0.554. The highest BCUT2D eigenvalue weighted by atomic mass is 16.6. The first kappa shape index (κ1) is 15.3. The number of rotatable bonds is 2. The number of ether oxygens (including phenoxy) is 2. The smallest absolute Gasteiger partial charge is 0.280 e. The van der Waals surface area contributed by atoms with Crippen molar-refractivity contribution in [1.82, 2.24) is 24.3 Å². The molecule has 3 aromatic heterocycles. The van der Waals surface area contributed by atoms with Crippen LogP contribution in [0.2, 0.25) is 0 Å². The van der Waals surface area contributed by atoms with E-state index in [0.29, 0.717) is 47.0 Å². The van der Waals surface area contributed by atoms with Gasteiger partial charge in [-0.25, -0.2) is 9.66 Å². The number of carbonyl (C=O) groups excluding carboxylic acids is 1. The van der Waals surface area contributed by atoms with E-state index < -0.39 is 11.5 Å². The Kier molecular flexibility index (Phi) is 3.29. The second-order valence-electron chi connectivity index (χ2n) is 5.82. The topological polar surface area (TPSA) is 113 Å². The lowest BCUT2D eigenvalue weighted by atomic mass is 10.2. The molecule has 27 heavy (non-hydrogen) atoms. The second-order valence-corrected chi connectivity index (χ2v) is 5.82. The van der Waals surface area contributed by atoms with Crippen LogP contribution >= 0.6 is 0 Å². The molecule has 0 spiro atoms. The van der Waals surface area contributed by atoms with E-state index >= 15 is 0 Å². The van der Waals surface area contributed by atoms with Crippen molar-refractivity contribution < 1.29 is 14.3 Å². The molecule has 0 saturated carbocycles. The van der Waals surface area contributed by atoms with Crippen LogP contribution in [0.1, 0.15) is 10.4 Å². The van der Waals surface area contributed by atoms with Gasteiger partial charge < -0.3 is 9.47 Å². The lowest BCUT2D eigenvalue weighted by molar-refractivity contribution is 0.101. The minimum Gasteiger partial charge on any atom is -0.486 e. The van der Waals surface area contributed by atoms with E-state index in [4.69, 9.17) is 9.47 Å². The van der Waals surface area contributed by atoms with Crippen LogP contribution in [-0.2, 0) is 0 Å². The van der Waals surface area contributed by atoms with Gasteiger partial charge in [-0.1, -0.05) is 0 Å². The Labute approximate surface area is 151 Å². The molecule has 10 heteroatoms. The highest BCUT2D eigenvalue weighted by Crippen LogP contribution is 2.30. The van der Waals surface area contributed by atoms with Gasteiger partial charge in [-0.3, -0.25) is 15.0 Å². The van der Waals surface area contributed by atoms with Gasteiger partial charge in [0, 0.05) is 18.0 Å². The summed E-state index contributed by atoms with van der Waals surface area (Å²) in [5.74, 6) is 1.02. The third kappa shape index (κ3) is 2.46. The van der Waals surface area contributed by atoms with Crippen molar-refractivity contribution >= 4 is 22.6 Å². The van der Waals surface area contributed by atoms with Gasteiger partial charge in [0.2, 0.25) is 0 Å². The summed E-state index contributed by atoms with van der Waals surface area (Å²) in [7, 11) is 0. The third-order valence-electron chi connectivity index (χ3n) is 4.20. The fourth-order valence-corrected chi connectivity index (χ4v) is 2.91. The van der Waals surface area contributed by atoms with Crippen LogP contribution in [0.4, 0.5) is 0 Å². The number of hydrogen-bond donors (Lipinski definition) is 1. The first-order valence-corrected chi connectivity index (χ1v) is 8.12. The SMILES string of the molecule is O=C(Nn1ccc2c(cnc3ncnn32)c1=O)c1ccc2c(c1)OCCO2. The third-order valence-corrected chi connectivity index (χ3v) is 4.20. The van der Waals surface area contributed by atoms with Crippen molar-refractivity contribution in [2.75, 3.05) is 18.6 Å². The highest BCUT2D eigenvalue weighted by Gasteiger charge is 2.16. The van der Waals surface area contributed by atoms with Crippen LogP contribution in [0.3, 0.4) is 0 Å². The van der Waals surface area contributed by atoms with E-state index in [-0.39, 0.29) is 0 Å². The van der Waals surface area contributed by atoms with E-state index in [2.05, 4.69) is 20.5 Å². The zero-order valence-electron chi connectivity index (χ0n) is 13.8. The van der Waals surface area contributed by atoms with E-state index in [1.807, 2.05) is 0 Å². The Balaban J connectivity index is 1.50. The molecule has 0 atom stereocenters. The predicted octanol–water partition coefficient (Wildman–Crippen LogP) is 0.594. The van der Waals surface area contributed by atoms with Crippen LogP contribution in [0.15, 0.2) is 47.8 Å². The summed E-state index contributed by atoms with van der Waals surface area (Å²) in [5.41, 5.74) is 3.03. The summed E-state index contributed by atoms with van der Waals surface area (Å²) in [4.78, 5) is 33.3. The van der Waals surface area contributed by atoms with Gasteiger partial charge in [0.25, 0.3) is 17.2 Å². The van der Waals surface area contributed by atoms with Crippen LogP contribution in [-0.4, -0.2) is 43.4 Å². The summed E-state index contributed by atoms with van der Waals surface area (Å²) < 4.78 is 13.5. The number of nitrogens with zero attached hydrogens (tertiary/aromatic N) is 5. The number of hydrogen-bond acceptors (Lipinski definition) is 7. The van der Waals surface area contributed by atoms with Crippen LogP contribution in [0, 0.1) is 0 Å². The van der Waals surface area contributed by atoms with Crippen molar-refractivity contribution in [1.29, 1.82) is 0 Å². The van der Waals surface area contributed by atoms with Crippen LogP contribution < -0.4 is 20.5 Å². The number of aromatic nitrogens is 5. The van der Waals surface area contributed by atoms with E-state index in [9.17, 15) is 9.59 Å². The molecule has 0 saturated heterocycles. The lowest BCUT2D eigenvalue weighted by Gasteiger charge is -2.18. The number of carbonyl (C=O) groups is 1. The molecule has 134 valence electrons. The van der Waals surface area contributed by atoms with Gasteiger partial charge >= 0.3 is 0 Å². The maximum absolute atomic E-state index is 12.7. The second kappa shape index (κ2) is 5.80. The van der Waals surface area contributed by atoms with Gasteiger partial charge in [0.05, 0.1) is 10.9 Å². The number of nitrogens with one attached hydrogen (secondary N) is 1. The molecule has 1 amide bonds. The number of benzene rings is 1.